The van der Waals surface area contributed by atoms with Crippen molar-refractivity contribution in [2.24, 2.45) is 5.10 Å². The van der Waals surface area contributed by atoms with E-state index in [1.54, 1.807) is 24.3 Å². The van der Waals surface area contributed by atoms with Crippen LogP contribution in [0.3, 0.4) is 0 Å². The van der Waals surface area contributed by atoms with E-state index in [9.17, 15) is 15.0 Å². The Balaban J connectivity index is 2.14. The van der Waals surface area contributed by atoms with Gasteiger partial charge in [-0.1, -0.05) is 18.2 Å². The van der Waals surface area contributed by atoms with Crippen molar-refractivity contribution < 1.29 is 15.0 Å². The van der Waals surface area contributed by atoms with Crippen molar-refractivity contribution in [1.29, 1.82) is 0 Å². The number of nitrogens with one attached hydrogen (secondary N) is 1. The maximum Gasteiger partial charge on any atom is 0.271 e. The second-order valence-electron chi connectivity index (χ2n) is 4.02. The van der Waals surface area contributed by atoms with Gasteiger partial charge in [-0.05, 0) is 50.1 Å². The number of phenols is 2. The minimum absolute atomic E-state index is 0.113. The first kappa shape index (κ1) is 15.5. The van der Waals surface area contributed by atoms with E-state index in [2.05, 4.69) is 42.4 Å². The van der Waals surface area contributed by atoms with Crippen LogP contribution < -0.4 is 5.43 Å². The van der Waals surface area contributed by atoms with Crippen LogP contribution in [0, 0.1) is 0 Å². The molecule has 3 N–H and O–H groups in total. The number of aromatic hydroxyl groups is 2. The number of halogens is 2. The minimum Gasteiger partial charge on any atom is -0.506 e. The number of hydrazone groups is 1. The lowest BCUT2D eigenvalue weighted by atomic mass is 10.2. The number of nitrogens with zero attached hydrogens (tertiary/aromatic N) is 1. The van der Waals surface area contributed by atoms with Gasteiger partial charge in [-0.15, -0.1) is 0 Å². The topological polar surface area (TPSA) is 81.9 Å². The summed E-state index contributed by atoms with van der Waals surface area (Å²) in [6, 6.07) is 10.1. The van der Waals surface area contributed by atoms with Crippen molar-refractivity contribution in [2.75, 3.05) is 0 Å². The van der Waals surface area contributed by atoms with Gasteiger partial charge in [0.2, 0.25) is 0 Å². The van der Waals surface area contributed by atoms with Crippen molar-refractivity contribution in [3.05, 3.63) is 56.5 Å². The van der Waals surface area contributed by atoms with E-state index in [0.29, 0.717) is 15.6 Å². The zero-order chi connectivity index (χ0) is 15.4. The Morgan fingerprint density at radius 2 is 1.81 bits per heavy atom. The molecule has 108 valence electrons. The van der Waals surface area contributed by atoms with Gasteiger partial charge in [0.1, 0.15) is 16.0 Å². The lowest BCUT2D eigenvalue weighted by molar-refractivity contribution is 0.0955. The predicted molar refractivity (Wildman–Crippen MR) is 86.7 cm³/mol. The van der Waals surface area contributed by atoms with E-state index in [-0.39, 0.29) is 21.9 Å². The number of benzene rings is 2. The molecular formula is C14H10Br2N2O3. The summed E-state index contributed by atoms with van der Waals surface area (Å²) in [6.07, 6.45) is 1.28. The molecule has 2 aromatic rings. The Kier molecular flexibility index (Phi) is 4.98. The monoisotopic (exact) mass is 412 g/mol. The van der Waals surface area contributed by atoms with Gasteiger partial charge < -0.3 is 10.2 Å². The van der Waals surface area contributed by atoms with Crippen molar-refractivity contribution in [2.45, 2.75) is 0 Å². The van der Waals surface area contributed by atoms with E-state index in [1.165, 1.54) is 12.3 Å². The molecule has 2 rings (SSSR count). The van der Waals surface area contributed by atoms with Gasteiger partial charge in [0, 0.05) is 11.1 Å². The van der Waals surface area contributed by atoms with E-state index in [1.807, 2.05) is 6.07 Å². The number of rotatable bonds is 3. The normalized spacial score (nSPS) is 10.8. The summed E-state index contributed by atoms with van der Waals surface area (Å²) in [5.74, 6) is -0.644. The zero-order valence-corrected chi connectivity index (χ0v) is 13.7. The molecule has 0 heterocycles. The first-order valence-electron chi connectivity index (χ1n) is 5.79. The Bertz CT molecular complexity index is 703. The van der Waals surface area contributed by atoms with Crippen LogP contribution in [0.4, 0.5) is 0 Å². The first-order valence-corrected chi connectivity index (χ1v) is 7.37. The number of carbonyl (C=O) groups is 1. The van der Waals surface area contributed by atoms with Gasteiger partial charge in [-0.3, -0.25) is 4.79 Å². The molecule has 0 unspecified atom stereocenters. The highest BCUT2D eigenvalue weighted by molar-refractivity contribution is 9.11. The summed E-state index contributed by atoms with van der Waals surface area (Å²) in [6.45, 7) is 0. The Morgan fingerprint density at radius 3 is 2.48 bits per heavy atom. The number of carbonyl (C=O) groups excluding carboxylic acids is 1. The molecule has 7 heteroatoms. The minimum atomic E-state index is -0.358. The van der Waals surface area contributed by atoms with Crippen LogP contribution in [-0.2, 0) is 0 Å². The molecule has 0 atom stereocenters. The van der Waals surface area contributed by atoms with Crippen molar-refractivity contribution in [3.63, 3.8) is 0 Å². The molecule has 0 saturated heterocycles. The second-order valence-corrected chi connectivity index (χ2v) is 5.67. The number of phenolic OH excluding ortho intramolecular Hbond substituents is 2. The molecule has 0 spiro atoms. The van der Waals surface area contributed by atoms with Gasteiger partial charge in [0.05, 0.1) is 10.7 Å². The first-order chi connectivity index (χ1) is 10.0. The van der Waals surface area contributed by atoms with Crippen molar-refractivity contribution in [1.82, 2.24) is 5.43 Å². The van der Waals surface area contributed by atoms with Gasteiger partial charge in [0.15, 0.2) is 0 Å². The van der Waals surface area contributed by atoms with Gasteiger partial charge in [-0.25, -0.2) is 5.43 Å². The van der Waals surface area contributed by atoms with Crippen molar-refractivity contribution >= 4 is 44.0 Å². The summed E-state index contributed by atoms with van der Waals surface area (Å²) in [7, 11) is 0. The lowest BCUT2D eigenvalue weighted by Gasteiger charge is -2.06. The van der Waals surface area contributed by atoms with E-state index >= 15 is 0 Å². The molecule has 5 nitrogen and oxygen atoms in total. The molecule has 0 aromatic heterocycles. The molecule has 0 bridgehead atoms. The van der Waals surface area contributed by atoms with Crippen LogP contribution in [0.5, 0.6) is 11.5 Å². The maximum absolute atomic E-state index is 11.8. The largest absolute Gasteiger partial charge is 0.506 e. The third kappa shape index (κ3) is 3.62. The van der Waals surface area contributed by atoms with Gasteiger partial charge >= 0.3 is 0 Å². The van der Waals surface area contributed by atoms with E-state index < -0.39 is 0 Å². The summed E-state index contributed by atoms with van der Waals surface area (Å²) >= 11 is 6.21. The van der Waals surface area contributed by atoms with Gasteiger partial charge in [0.25, 0.3) is 5.91 Å². The molecule has 0 aliphatic carbocycles. The highest BCUT2D eigenvalue weighted by Crippen LogP contribution is 2.40. The van der Waals surface area contributed by atoms with Gasteiger partial charge in [-0.2, -0.15) is 5.10 Å². The molecule has 1 amide bonds. The molecule has 0 radical (unpaired) electrons. The van der Waals surface area contributed by atoms with Crippen LogP contribution in [0.15, 0.2) is 50.4 Å². The summed E-state index contributed by atoms with van der Waals surface area (Å²) in [5.41, 5.74) is 3.17. The molecule has 21 heavy (non-hydrogen) atoms. The summed E-state index contributed by atoms with van der Waals surface area (Å²) in [5, 5.41) is 23.2. The SMILES string of the molecule is O=C(N/N=C\c1cc(Br)c(O)c(Br)c1O)c1ccccc1. The molecular weight excluding hydrogens is 404 g/mol. The molecule has 0 aliphatic heterocycles. The Labute approximate surface area is 137 Å². The van der Waals surface area contributed by atoms with E-state index in [0.717, 1.165) is 0 Å². The van der Waals surface area contributed by atoms with Crippen LogP contribution >= 0.6 is 31.9 Å². The lowest BCUT2D eigenvalue weighted by Crippen LogP contribution is -2.17. The van der Waals surface area contributed by atoms with Crippen LogP contribution in [0.1, 0.15) is 15.9 Å². The Hall–Kier alpha value is -1.86. The maximum atomic E-state index is 11.8. The third-order valence-corrected chi connectivity index (χ3v) is 3.96. The standard InChI is InChI=1S/C14H10Br2N2O3/c15-10-6-9(12(19)11(16)13(10)20)7-17-18-14(21)8-4-2-1-3-5-8/h1-7,19-20H,(H,18,21)/b17-7-. The molecule has 0 aliphatic rings. The van der Waals surface area contributed by atoms with Crippen LogP contribution in [0.25, 0.3) is 0 Å². The van der Waals surface area contributed by atoms with E-state index in [4.69, 9.17) is 0 Å². The number of hydrogen-bond donors (Lipinski definition) is 3. The average molecular weight is 414 g/mol. The third-order valence-electron chi connectivity index (χ3n) is 2.60. The van der Waals surface area contributed by atoms with Crippen molar-refractivity contribution in [3.8, 4) is 11.5 Å². The summed E-state index contributed by atoms with van der Waals surface area (Å²) < 4.78 is 0.538. The summed E-state index contributed by atoms with van der Waals surface area (Å²) in [4.78, 5) is 11.8. The second kappa shape index (κ2) is 6.73. The smallest absolute Gasteiger partial charge is 0.271 e. The fourth-order valence-corrected chi connectivity index (χ4v) is 2.68. The number of hydrogen-bond acceptors (Lipinski definition) is 4. The highest BCUT2D eigenvalue weighted by atomic mass is 79.9. The quantitative estimate of drug-likeness (QED) is 0.532. The molecule has 2 aromatic carbocycles. The average Bonchev–Trinajstić information content (AvgIpc) is 2.51. The van der Waals surface area contributed by atoms with Crippen LogP contribution in [0.2, 0.25) is 0 Å². The fraction of sp³-hybridized carbons (Fsp3) is 0. The molecule has 0 fully saturated rings. The van der Waals surface area contributed by atoms with Crippen LogP contribution in [-0.4, -0.2) is 22.3 Å². The zero-order valence-electron chi connectivity index (χ0n) is 10.5. The highest BCUT2D eigenvalue weighted by Gasteiger charge is 2.12. The predicted octanol–water partition coefficient (Wildman–Crippen LogP) is 3.39. The fourth-order valence-electron chi connectivity index (χ4n) is 1.53. The molecule has 0 saturated carbocycles. The number of amides is 1. The Morgan fingerprint density at radius 1 is 1.14 bits per heavy atom.